The van der Waals surface area contributed by atoms with Gasteiger partial charge in [-0.15, -0.1) is 0 Å². The minimum absolute atomic E-state index is 0.458. The van der Waals surface area contributed by atoms with Crippen molar-refractivity contribution in [2.45, 2.75) is 38.6 Å². The Hall–Kier alpha value is -1.16. The molecule has 4 heteroatoms. The SMILES string of the molecule is CC(C)c1cc(NC2CN3CCC2CC3)ncn1. The maximum absolute atomic E-state index is 4.36. The second-order valence-electron chi connectivity index (χ2n) is 5.87. The average Bonchev–Trinajstić information content (AvgIpc) is 2.40. The van der Waals surface area contributed by atoms with E-state index >= 15 is 0 Å². The second kappa shape index (κ2) is 4.84. The number of fused-ring (bicyclic) bond motifs is 3. The zero-order chi connectivity index (χ0) is 12.5. The molecule has 0 aromatic carbocycles. The van der Waals surface area contributed by atoms with Crippen LogP contribution < -0.4 is 5.32 Å². The van der Waals surface area contributed by atoms with Crippen LogP contribution in [0.3, 0.4) is 0 Å². The van der Waals surface area contributed by atoms with Gasteiger partial charge in [0.25, 0.3) is 0 Å². The van der Waals surface area contributed by atoms with Crippen molar-refractivity contribution in [1.29, 1.82) is 0 Å². The highest BCUT2D eigenvalue weighted by atomic mass is 15.2. The van der Waals surface area contributed by atoms with E-state index in [2.05, 4.69) is 40.1 Å². The molecular weight excluding hydrogens is 224 g/mol. The molecule has 3 aliphatic heterocycles. The molecule has 4 heterocycles. The van der Waals surface area contributed by atoms with Crippen molar-refractivity contribution < 1.29 is 0 Å². The molecule has 4 rings (SSSR count). The third-order valence-corrected chi connectivity index (χ3v) is 4.27. The molecule has 1 aromatic rings. The molecule has 1 unspecified atom stereocenters. The van der Waals surface area contributed by atoms with Crippen LogP contribution in [0.1, 0.15) is 38.3 Å². The van der Waals surface area contributed by atoms with Crippen LogP contribution in [0, 0.1) is 5.92 Å². The lowest BCUT2D eigenvalue weighted by atomic mass is 9.84. The van der Waals surface area contributed by atoms with E-state index in [1.54, 1.807) is 6.33 Å². The number of anilines is 1. The van der Waals surface area contributed by atoms with Crippen molar-refractivity contribution in [2.75, 3.05) is 25.0 Å². The van der Waals surface area contributed by atoms with E-state index in [4.69, 9.17) is 0 Å². The van der Waals surface area contributed by atoms with E-state index < -0.39 is 0 Å². The molecule has 18 heavy (non-hydrogen) atoms. The lowest BCUT2D eigenvalue weighted by Gasteiger charge is -2.45. The van der Waals surface area contributed by atoms with Gasteiger partial charge < -0.3 is 10.2 Å². The first-order chi connectivity index (χ1) is 8.72. The molecule has 3 saturated heterocycles. The summed E-state index contributed by atoms with van der Waals surface area (Å²) in [5, 5.41) is 3.61. The van der Waals surface area contributed by atoms with Gasteiger partial charge in [-0.1, -0.05) is 13.8 Å². The number of piperidine rings is 3. The topological polar surface area (TPSA) is 41.0 Å². The maximum Gasteiger partial charge on any atom is 0.129 e. The summed E-state index contributed by atoms with van der Waals surface area (Å²) in [7, 11) is 0. The number of nitrogens with one attached hydrogen (secondary N) is 1. The smallest absolute Gasteiger partial charge is 0.129 e. The Kier molecular flexibility index (Phi) is 3.20. The first kappa shape index (κ1) is 11.9. The molecule has 1 atom stereocenters. The van der Waals surface area contributed by atoms with Crippen LogP contribution in [0.4, 0.5) is 5.82 Å². The Labute approximate surface area is 109 Å². The Balaban J connectivity index is 1.71. The van der Waals surface area contributed by atoms with Crippen molar-refractivity contribution in [3.8, 4) is 0 Å². The number of rotatable bonds is 3. The van der Waals surface area contributed by atoms with E-state index in [0.717, 1.165) is 17.4 Å². The summed E-state index contributed by atoms with van der Waals surface area (Å²) in [6, 6.07) is 2.67. The molecule has 0 spiro atoms. The Morgan fingerprint density at radius 2 is 2.06 bits per heavy atom. The maximum atomic E-state index is 4.36. The van der Waals surface area contributed by atoms with Gasteiger partial charge in [0.2, 0.25) is 0 Å². The molecule has 98 valence electrons. The van der Waals surface area contributed by atoms with Gasteiger partial charge in [0.1, 0.15) is 12.1 Å². The Morgan fingerprint density at radius 3 is 2.67 bits per heavy atom. The van der Waals surface area contributed by atoms with Crippen LogP contribution in [0.5, 0.6) is 0 Å². The molecule has 3 aliphatic rings. The Bertz CT molecular complexity index is 410. The van der Waals surface area contributed by atoms with Gasteiger partial charge in [-0.05, 0) is 37.8 Å². The molecule has 0 amide bonds. The lowest BCUT2D eigenvalue weighted by Crippen LogP contribution is -2.53. The fraction of sp³-hybridized carbons (Fsp3) is 0.714. The summed E-state index contributed by atoms with van der Waals surface area (Å²) in [4.78, 5) is 11.2. The van der Waals surface area contributed by atoms with Crippen molar-refractivity contribution in [3.05, 3.63) is 18.1 Å². The zero-order valence-corrected chi connectivity index (χ0v) is 11.3. The predicted octanol–water partition coefficient (Wildman–Crippen LogP) is 2.11. The van der Waals surface area contributed by atoms with Gasteiger partial charge in [-0.2, -0.15) is 0 Å². The number of aromatic nitrogens is 2. The van der Waals surface area contributed by atoms with E-state index in [9.17, 15) is 0 Å². The fourth-order valence-electron chi connectivity index (χ4n) is 3.09. The highest BCUT2D eigenvalue weighted by Crippen LogP contribution is 2.29. The monoisotopic (exact) mass is 246 g/mol. The highest BCUT2D eigenvalue weighted by Gasteiger charge is 2.34. The first-order valence-corrected chi connectivity index (χ1v) is 7.03. The van der Waals surface area contributed by atoms with Crippen LogP contribution in [0.25, 0.3) is 0 Å². The molecule has 0 saturated carbocycles. The number of nitrogens with zero attached hydrogens (tertiary/aromatic N) is 3. The van der Waals surface area contributed by atoms with Crippen molar-refractivity contribution in [2.24, 2.45) is 5.92 Å². The standard InChI is InChI=1S/C14H22N4/c1-10(2)12-7-14(16-9-15-12)17-13-8-18-5-3-11(13)4-6-18/h7,9-11,13H,3-6,8H2,1-2H3,(H,15,16,17). The minimum Gasteiger partial charge on any atom is -0.366 e. The normalized spacial score (nSPS) is 30.7. The second-order valence-corrected chi connectivity index (χ2v) is 5.87. The quantitative estimate of drug-likeness (QED) is 0.887. The summed E-state index contributed by atoms with van der Waals surface area (Å²) >= 11 is 0. The molecule has 0 aliphatic carbocycles. The molecule has 0 radical (unpaired) electrons. The summed E-state index contributed by atoms with van der Waals surface area (Å²) in [5.41, 5.74) is 1.12. The van der Waals surface area contributed by atoms with Gasteiger partial charge >= 0.3 is 0 Å². The number of hydrogen-bond donors (Lipinski definition) is 1. The van der Waals surface area contributed by atoms with Gasteiger partial charge in [0.05, 0.1) is 0 Å². The van der Waals surface area contributed by atoms with Crippen molar-refractivity contribution >= 4 is 5.82 Å². The highest BCUT2D eigenvalue weighted by molar-refractivity contribution is 5.37. The summed E-state index contributed by atoms with van der Waals surface area (Å²) in [6.07, 6.45) is 4.35. The molecule has 1 N–H and O–H groups in total. The zero-order valence-electron chi connectivity index (χ0n) is 11.3. The van der Waals surface area contributed by atoms with Gasteiger partial charge in [0, 0.05) is 24.3 Å². The van der Waals surface area contributed by atoms with Crippen molar-refractivity contribution in [1.82, 2.24) is 14.9 Å². The van der Waals surface area contributed by atoms with Crippen LogP contribution in [0.15, 0.2) is 12.4 Å². The number of hydrogen-bond acceptors (Lipinski definition) is 4. The fourth-order valence-corrected chi connectivity index (χ4v) is 3.09. The largest absolute Gasteiger partial charge is 0.366 e. The third kappa shape index (κ3) is 2.34. The van der Waals surface area contributed by atoms with E-state index in [1.807, 2.05) is 0 Å². The predicted molar refractivity (Wildman–Crippen MR) is 72.7 cm³/mol. The van der Waals surface area contributed by atoms with Gasteiger partial charge in [-0.25, -0.2) is 9.97 Å². The van der Waals surface area contributed by atoms with E-state index in [-0.39, 0.29) is 0 Å². The Morgan fingerprint density at radius 1 is 1.28 bits per heavy atom. The summed E-state index contributed by atoms with van der Waals surface area (Å²) in [5.74, 6) is 2.28. The summed E-state index contributed by atoms with van der Waals surface area (Å²) < 4.78 is 0. The molecule has 2 bridgehead atoms. The van der Waals surface area contributed by atoms with Crippen LogP contribution in [-0.4, -0.2) is 40.5 Å². The molecule has 3 fully saturated rings. The van der Waals surface area contributed by atoms with Gasteiger partial charge in [0.15, 0.2) is 0 Å². The van der Waals surface area contributed by atoms with Crippen molar-refractivity contribution in [3.63, 3.8) is 0 Å². The molecule has 4 nitrogen and oxygen atoms in total. The van der Waals surface area contributed by atoms with Crippen LogP contribution in [-0.2, 0) is 0 Å². The molecule has 1 aromatic heterocycles. The summed E-state index contributed by atoms with van der Waals surface area (Å²) in [6.45, 7) is 8.07. The third-order valence-electron chi connectivity index (χ3n) is 4.27. The first-order valence-electron chi connectivity index (χ1n) is 7.03. The molecular formula is C14H22N4. The van der Waals surface area contributed by atoms with Crippen LogP contribution >= 0.6 is 0 Å². The van der Waals surface area contributed by atoms with Gasteiger partial charge in [-0.3, -0.25) is 0 Å². The van der Waals surface area contributed by atoms with E-state index in [0.29, 0.717) is 12.0 Å². The van der Waals surface area contributed by atoms with E-state index in [1.165, 1.54) is 32.5 Å². The average molecular weight is 246 g/mol. The van der Waals surface area contributed by atoms with Crippen LogP contribution in [0.2, 0.25) is 0 Å². The minimum atomic E-state index is 0.458. The lowest BCUT2D eigenvalue weighted by molar-refractivity contribution is 0.0974.